The van der Waals surface area contributed by atoms with E-state index in [1.807, 2.05) is 47.0 Å². The number of piperidine rings is 1. The van der Waals surface area contributed by atoms with E-state index in [9.17, 15) is 4.79 Å². The smallest absolute Gasteiger partial charge is 0.244 e. The van der Waals surface area contributed by atoms with Crippen LogP contribution in [0.3, 0.4) is 0 Å². The van der Waals surface area contributed by atoms with Gasteiger partial charge in [0.25, 0.3) is 0 Å². The Hall–Kier alpha value is -2.21. The van der Waals surface area contributed by atoms with Crippen LogP contribution in [0.4, 0.5) is 0 Å². The average molecular weight is 327 g/mol. The van der Waals surface area contributed by atoms with Gasteiger partial charge < -0.3 is 4.90 Å². The van der Waals surface area contributed by atoms with E-state index in [4.69, 9.17) is 0 Å². The highest BCUT2D eigenvalue weighted by molar-refractivity contribution is 5.83. The molecule has 0 saturated carbocycles. The number of hydrogen-bond acceptors (Lipinski definition) is 4. The first-order valence-corrected chi connectivity index (χ1v) is 8.58. The standard InChI is InChI=1S/C18H25N5O/c1-3-21(2)17(15-8-5-4-6-9-15)18(24)22-11-7-10-16(12-22)23-14-19-13-20-23/h4-6,8-9,13-14,16-17H,3,7,10-12H2,1-2H3. The van der Waals surface area contributed by atoms with Gasteiger partial charge in [0.05, 0.1) is 6.04 Å². The molecule has 2 unspecified atom stereocenters. The van der Waals surface area contributed by atoms with Crippen LogP contribution < -0.4 is 0 Å². The van der Waals surface area contributed by atoms with Crippen molar-refractivity contribution >= 4 is 5.91 Å². The summed E-state index contributed by atoms with van der Waals surface area (Å²) >= 11 is 0. The molecule has 1 aromatic heterocycles. The normalized spacial score (nSPS) is 19.5. The van der Waals surface area contributed by atoms with Crippen LogP contribution in [0.15, 0.2) is 43.0 Å². The minimum Gasteiger partial charge on any atom is -0.339 e. The first kappa shape index (κ1) is 16.6. The fourth-order valence-corrected chi connectivity index (χ4v) is 3.35. The zero-order chi connectivity index (χ0) is 16.9. The lowest BCUT2D eigenvalue weighted by Crippen LogP contribution is -2.46. The van der Waals surface area contributed by atoms with Crippen LogP contribution in [0, 0.1) is 0 Å². The Kier molecular flexibility index (Phi) is 5.25. The first-order chi connectivity index (χ1) is 11.7. The van der Waals surface area contributed by atoms with E-state index >= 15 is 0 Å². The minimum absolute atomic E-state index is 0.176. The second-order valence-corrected chi connectivity index (χ2v) is 6.34. The number of hydrogen-bond donors (Lipinski definition) is 0. The third kappa shape index (κ3) is 3.48. The molecule has 1 aliphatic rings. The topological polar surface area (TPSA) is 54.3 Å². The van der Waals surface area contributed by atoms with E-state index in [0.717, 1.165) is 31.5 Å². The van der Waals surface area contributed by atoms with Crippen LogP contribution in [0.5, 0.6) is 0 Å². The maximum atomic E-state index is 13.3. The zero-order valence-corrected chi connectivity index (χ0v) is 14.4. The highest BCUT2D eigenvalue weighted by Crippen LogP contribution is 2.26. The zero-order valence-electron chi connectivity index (χ0n) is 14.4. The van der Waals surface area contributed by atoms with Crippen LogP contribution in [0.25, 0.3) is 0 Å². The van der Waals surface area contributed by atoms with E-state index in [1.165, 1.54) is 0 Å². The van der Waals surface area contributed by atoms with Gasteiger partial charge >= 0.3 is 0 Å². The predicted molar refractivity (Wildman–Crippen MR) is 92.4 cm³/mol. The summed E-state index contributed by atoms with van der Waals surface area (Å²) in [5.74, 6) is 0.176. The average Bonchev–Trinajstić information content (AvgIpc) is 3.17. The van der Waals surface area contributed by atoms with Gasteiger partial charge in [0.15, 0.2) is 0 Å². The number of rotatable bonds is 5. The summed E-state index contributed by atoms with van der Waals surface area (Å²) in [5, 5.41) is 4.25. The summed E-state index contributed by atoms with van der Waals surface area (Å²) in [7, 11) is 2.01. The van der Waals surface area contributed by atoms with E-state index < -0.39 is 0 Å². The molecule has 0 radical (unpaired) electrons. The minimum atomic E-state index is -0.231. The molecule has 0 spiro atoms. The Labute approximate surface area is 143 Å². The summed E-state index contributed by atoms with van der Waals surface area (Å²) in [5.41, 5.74) is 1.05. The predicted octanol–water partition coefficient (Wildman–Crippen LogP) is 2.13. The summed E-state index contributed by atoms with van der Waals surface area (Å²) in [4.78, 5) is 21.4. The monoisotopic (exact) mass is 327 g/mol. The molecule has 1 fully saturated rings. The van der Waals surface area contributed by atoms with Crippen molar-refractivity contribution in [2.24, 2.45) is 0 Å². The second kappa shape index (κ2) is 7.57. The van der Waals surface area contributed by atoms with Crippen molar-refractivity contribution in [2.45, 2.75) is 31.8 Å². The molecule has 1 aliphatic heterocycles. The molecule has 3 rings (SSSR count). The van der Waals surface area contributed by atoms with E-state index in [2.05, 4.69) is 21.9 Å². The Morgan fingerprint density at radius 2 is 2.17 bits per heavy atom. The number of carbonyl (C=O) groups is 1. The van der Waals surface area contributed by atoms with Gasteiger partial charge in [-0.2, -0.15) is 5.10 Å². The Morgan fingerprint density at radius 3 is 2.83 bits per heavy atom. The number of carbonyl (C=O) groups excluding carboxylic acids is 1. The molecule has 0 bridgehead atoms. The highest BCUT2D eigenvalue weighted by Gasteiger charge is 2.32. The SMILES string of the molecule is CCN(C)C(C(=O)N1CCCC(n2cncn2)C1)c1ccccc1. The van der Waals surface area contributed by atoms with Gasteiger partial charge in [-0.05, 0) is 32.0 Å². The molecule has 24 heavy (non-hydrogen) atoms. The van der Waals surface area contributed by atoms with Gasteiger partial charge in [-0.15, -0.1) is 0 Å². The third-order valence-electron chi connectivity index (χ3n) is 4.81. The number of aromatic nitrogens is 3. The van der Waals surface area contributed by atoms with Gasteiger partial charge in [0.2, 0.25) is 5.91 Å². The molecule has 2 atom stereocenters. The number of benzene rings is 1. The Balaban J connectivity index is 1.79. The molecule has 0 aliphatic carbocycles. The molecule has 2 heterocycles. The maximum Gasteiger partial charge on any atom is 0.244 e. The molecular weight excluding hydrogens is 302 g/mol. The van der Waals surface area contributed by atoms with Crippen molar-refractivity contribution in [3.05, 3.63) is 48.5 Å². The van der Waals surface area contributed by atoms with Crippen LogP contribution in [0.2, 0.25) is 0 Å². The second-order valence-electron chi connectivity index (χ2n) is 6.34. The van der Waals surface area contributed by atoms with Crippen molar-refractivity contribution < 1.29 is 4.79 Å². The van der Waals surface area contributed by atoms with Gasteiger partial charge in [0.1, 0.15) is 18.7 Å². The summed E-state index contributed by atoms with van der Waals surface area (Å²) in [6.07, 6.45) is 5.32. The maximum absolute atomic E-state index is 13.3. The quantitative estimate of drug-likeness (QED) is 0.844. The van der Waals surface area contributed by atoms with E-state index in [1.54, 1.807) is 12.7 Å². The van der Waals surface area contributed by atoms with Crippen molar-refractivity contribution in [3.63, 3.8) is 0 Å². The largest absolute Gasteiger partial charge is 0.339 e. The molecular formula is C18H25N5O. The van der Waals surface area contributed by atoms with E-state index in [0.29, 0.717) is 6.54 Å². The Bertz CT molecular complexity index is 643. The van der Waals surface area contributed by atoms with Crippen LogP contribution >= 0.6 is 0 Å². The lowest BCUT2D eigenvalue weighted by Gasteiger charge is -2.37. The highest BCUT2D eigenvalue weighted by atomic mass is 16.2. The summed E-state index contributed by atoms with van der Waals surface area (Å²) in [6, 6.07) is 10.0. The van der Waals surface area contributed by atoms with Crippen molar-refractivity contribution in [1.29, 1.82) is 0 Å². The van der Waals surface area contributed by atoms with Crippen molar-refractivity contribution in [3.8, 4) is 0 Å². The summed E-state index contributed by atoms with van der Waals surface area (Å²) < 4.78 is 1.88. The Morgan fingerprint density at radius 1 is 1.38 bits per heavy atom. The number of likely N-dealkylation sites (N-methyl/N-ethyl adjacent to an activating group) is 1. The molecule has 2 aromatic rings. The lowest BCUT2D eigenvalue weighted by molar-refractivity contribution is -0.138. The third-order valence-corrected chi connectivity index (χ3v) is 4.81. The van der Waals surface area contributed by atoms with Gasteiger partial charge in [-0.3, -0.25) is 9.69 Å². The molecule has 6 heteroatoms. The van der Waals surface area contributed by atoms with Crippen molar-refractivity contribution in [2.75, 3.05) is 26.7 Å². The molecule has 1 aromatic carbocycles. The van der Waals surface area contributed by atoms with Gasteiger partial charge in [0, 0.05) is 13.1 Å². The van der Waals surface area contributed by atoms with Crippen LogP contribution in [-0.2, 0) is 4.79 Å². The number of amides is 1. The summed E-state index contributed by atoms with van der Waals surface area (Å²) in [6.45, 7) is 4.41. The van der Waals surface area contributed by atoms with Crippen LogP contribution in [0.1, 0.15) is 37.4 Å². The van der Waals surface area contributed by atoms with Crippen LogP contribution in [-0.4, -0.2) is 57.2 Å². The molecule has 0 N–H and O–H groups in total. The van der Waals surface area contributed by atoms with Gasteiger partial charge in [-0.1, -0.05) is 37.3 Å². The van der Waals surface area contributed by atoms with Gasteiger partial charge in [-0.25, -0.2) is 9.67 Å². The fourth-order valence-electron chi connectivity index (χ4n) is 3.35. The number of nitrogens with zero attached hydrogens (tertiary/aromatic N) is 5. The van der Waals surface area contributed by atoms with Crippen molar-refractivity contribution in [1.82, 2.24) is 24.6 Å². The molecule has 128 valence electrons. The fraction of sp³-hybridized carbons (Fsp3) is 0.500. The molecule has 1 amide bonds. The lowest BCUT2D eigenvalue weighted by atomic mass is 10.0. The van der Waals surface area contributed by atoms with E-state index in [-0.39, 0.29) is 18.0 Å². The number of likely N-dealkylation sites (tertiary alicyclic amines) is 1. The first-order valence-electron chi connectivity index (χ1n) is 8.58. The molecule has 1 saturated heterocycles. The molecule has 6 nitrogen and oxygen atoms in total.